The van der Waals surface area contributed by atoms with Gasteiger partial charge in [0.25, 0.3) is 0 Å². The quantitative estimate of drug-likeness (QED) is 0.740. The van der Waals surface area contributed by atoms with Gasteiger partial charge in [0.1, 0.15) is 10.5 Å². The van der Waals surface area contributed by atoms with Crippen LogP contribution < -0.4 is 0 Å². The Bertz CT molecular complexity index is 225. The Kier molecular flexibility index (Phi) is 3.83. The average molecular weight is 233 g/mol. The molecule has 1 N–H and O–H groups in total. The highest BCUT2D eigenvalue weighted by molar-refractivity contribution is 8.23. The maximum absolute atomic E-state index is 9.89. The SMILES string of the molecule is CC[C@H](O)N1C(=S)SC[C@@H]1C(C)(C)C. The van der Waals surface area contributed by atoms with Crippen molar-refractivity contribution >= 4 is 28.3 Å². The monoisotopic (exact) mass is 233 g/mol. The Morgan fingerprint density at radius 2 is 2.21 bits per heavy atom. The summed E-state index contributed by atoms with van der Waals surface area (Å²) in [4.78, 5) is 2.00. The molecule has 1 aliphatic heterocycles. The molecular formula is C10H19NOS2. The Hall–Kier alpha value is 0.200. The van der Waals surface area contributed by atoms with Crippen molar-refractivity contribution in [3.8, 4) is 0 Å². The molecule has 1 aliphatic rings. The fourth-order valence-electron chi connectivity index (χ4n) is 1.63. The molecule has 82 valence electrons. The van der Waals surface area contributed by atoms with Crippen LogP contribution in [0.1, 0.15) is 34.1 Å². The van der Waals surface area contributed by atoms with E-state index in [0.717, 1.165) is 16.5 Å². The second kappa shape index (κ2) is 4.37. The van der Waals surface area contributed by atoms with E-state index >= 15 is 0 Å². The molecule has 1 fully saturated rings. The fourth-order valence-corrected chi connectivity index (χ4v) is 3.44. The van der Waals surface area contributed by atoms with Gasteiger partial charge < -0.3 is 10.0 Å². The van der Waals surface area contributed by atoms with Gasteiger partial charge in [0.15, 0.2) is 0 Å². The van der Waals surface area contributed by atoms with Crippen LogP contribution in [-0.4, -0.2) is 32.3 Å². The van der Waals surface area contributed by atoms with Crippen LogP contribution in [0.5, 0.6) is 0 Å². The molecule has 0 radical (unpaired) electrons. The molecule has 1 rings (SSSR count). The van der Waals surface area contributed by atoms with E-state index in [1.807, 2.05) is 11.8 Å². The smallest absolute Gasteiger partial charge is 0.138 e. The van der Waals surface area contributed by atoms with Gasteiger partial charge in [0.05, 0.1) is 0 Å². The summed E-state index contributed by atoms with van der Waals surface area (Å²) in [5.74, 6) is 0.999. The van der Waals surface area contributed by atoms with E-state index in [-0.39, 0.29) is 5.41 Å². The normalized spacial score (nSPS) is 25.6. The van der Waals surface area contributed by atoms with Gasteiger partial charge in [0, 0.05) is 11.8 Å². The van der Waals surface area contributed by atoms with Crippen LogP contribution >= 0.6 is 24.0 Å². The van der Waals surface area contributed by atoms with Crippen molar-refractivity contribution in [2.24, 2.45) is 5.41 Å². The van der Waals surface area contributed by atoms with Crippen molar-refractivity contribution < 1.29 is 5.11 Å². The van der Waals surface area contributed by atoms with Crippen LogP contribution in [0.2, 0.25) is 0 Å². The minimum absolute atomic E-state index is 0.170. The van der Waals surface area contributed by atoms with Crippen LogP contribution in [0.4, 0.5) is 0 Å². The van der Waals surface area contributed by atoms with E-state index in [1.165, 1.54) is 0 Å². The number of nitrogens with zero attached hydrogens (tertiary/aromatic N) is 1. The third kappa shape index (κ3) is 2.41. The molecule has 4 heteroatoms. The zero-order valence-electron chi connectivity index (χ0n) is 9.28. The van der Waals surface area contributed by atoms with E-state index in [9.17, 15) is 5.11 Å². The van der Waals surface area contributed by atoms with Crippen molar-refractivity contribution in [3.05, 3.63) is 0 Å². The fraction of sp³-hybridized carbons (Fsp3) is 0.900. The van der Waals surface area contributed by atoms with Crippen molar-refractivity contribution in [3.63, 3.8) is 0 Å². The van der Waals surface area contributed by atoms with Crippen LogP contribution in [0.25, 0.3) is 0 Å². The van der Waals surface area contributed by atoms with Gasteiger partial charge in [0.2, 0.25) is 0 Å². The zero-order chi connectivity index (χ0) is 10.9. The molecule has 0 bridgehead atoms. The minimum Gasteiger partial charge on any atom is -0.374 e. The summed E-state index contributed by atoms with van der Waals surface area (Å²) in [5.41, 5.74) is 0.170. The molecule has 2 nitrogen and oxygen atoms in total. The van der Waals surface area contributed by atoms with E-state index in [4.69, 9.17) is 12.2 Å². The van der Waals surface area contributed by atoms with Crippen LogP contribution in [0, 0.1) is 5.41 Å². The number of thiocarbonyl (C=S) groups is 1. The molecule has 0 aliphatic carbocycles. The molecule has 0 spiro atoms. The molecule has 14 heavy (non-hydrogen) atoms. The first-order valence-electron chi connectivity index (χ1n) is 5.01. The zero-order valence-corrected chi connectivity index (χ0v) is 10.9. The lowest BCUT2D eigenvalue weighted by molar-refractivity contribution is 0.00871. The number of aliphatic hydroxyl groups excluding tert-OH is 1. The maximum Gasteiger partial charge on any atom is 0.138 e. The lowest BCUT2D eigenvalue weighted by Gasteiger charge is -2.37. The molecule has 1 heterocycles. The van der Waals surface area contributed by atoms with Gasteiger partial charge in [-0.2, -0.15) is 0 Å². The first kappa shape index (κ1) is 12.3. The van der Waals surface area contributed by atoms with Crippen molar-refractivity contribution in [2.75, 3.05) is 5.75 Å². The van der Waals surface area contributed by atoms with Gasteiger partial charge in [-0.3, -0.25) is 0 Å². The first-order valence-corrected chi connectivity index (χ1v) is 6.40. The summed E-state index contributed by atoms with van der Waals surface area (Å²) >= 11 is 6.94. The standard InChI is InChI=1S/C10H19NOS2/c1-5-8(12)11-7(10(2,3)4)6-14-9(11)13/h7-8,12H,5-6H2,1-4H3/t7-,8+/m1/s1. The number of hydrogen-bond donors (Lipinski definition) is 1. The highest BCUT2D eigenvalue weighted by Crippen LogP contribution is 2.36. The van der Waals surface area contributed by atoms with Gasteiger partial charge in [-0.15, -0.1) is 0 Å². The second-order valence-electron chi connectivity index (χ2n) is 4.75. The summed E-state index contributed by atoms with van der Waals surface area (Å²) < 4.78 is 0.847. The lowest BCUT2D eigenvalue weighted by atomic mass is 9.87. The van der Waals surface area contributed by atoms with Gasteiger partial charge in [-0.05, 0) is 11.8 Å². The van der Waals surface area contributed by atoms with Gasteiger partial charge in [-0.25, -0.2) is 0 Å². The summed E-state index contributed by atoms with van der Waals surface area (Å²) in [6.07, 6.45) is 0.314. The molecule has 2 atom stereocenters. The Morgan fingerprint density at radius 3 is 2.64 bits per heavy atom. The van der Waals surface area contributed by atoms with E-state index in [1.54, 1.807) is 11.8 Å². The van der Waals surface area contributed by atoms with Crippen LogP contribution in [0.3, 0.4) is 0 Å². The van der Waals surface area contributed by atoms with E-state index in [2.05, 4.69) is 20.8 Å². The van der Waals surface area contributed by atoms with E-state index in [0.29, 0.717) is 6.04 Å². The van der Waals surface area contributed by atoms with Gasteiger partial charge in [-0.1, -0.05) is 51.7 Å². The van der Waals surface area contributed by atoms with Crippen molar-refractivity contribution in [1.82, 2.24) is 4.90 Å². The van der Waals surface area contributed by atoms with Gasteiger partial charge >= 0.3 is 0 Å². The highest BCUT2D eigenvalue weighted by Gasteiger charge is 2.39. The summed E-state index contributed by atoms with van der Waals surface area (Å²) in [6.45, 7) is 8.57. The Balaban J connectivity index is 2.82. The Morgan fingerprint density at radius 1 is 1.64 bits per heavy atom. The average Bonchev–Trinajstić information content (AvgIpc) is 2.45. The topological polar surface area (TPSA) is 23.5 Å². The van der Waals surface area contributed by atoms with Crippen molar-refractivity contribution in [1.29, 1.82) is 0 Å². The Labute approximate surface area is 96.1 Å². The summed E-state index contributed by atoms with van der Waals surface area (Å²) in [6, 6.07) is 0.356. The number of rotatable bonds is 2. The van der Waals surface area contributed by atoms with E-state index < -0.39 is 6.23 Å². The molecule has 0 unspecified atom stereocenters. The second-order valence-corrected chi connectivity index (χ2v) is 6.41. The molecule has 0 amide bonds. The van der Waals surface area contributed by atoms with Crippen molar-refractivity contribution in [2.45, 2.75) is 46.4 Å². The molecule has 1 saturated heterocycles. The number of thioether (sulfide) groups is 1. The minimum atomic E-state index is -0.415. The predicted octanol–water partition coefficient (Wildman–Crippen LogP) is 2.46. The lowest BCUT2D eigenvalue weighted by Crippen LogP contribution is -2.47. The largest absolute Gasteiger partial charge is 0.374 e. The van der Waals surface area contributed by atoms with Crippen LogP contribution in [-0.2, 0) is 0 Å². The molecule has 0 aromatic carbocycles. The molecule has 0 aromatic heterocycles. The number of aliphatic hydroxyl groups is 1. The molecule has 0 aromatic rings. The summed E-state index contributed by atoms with van der Waals surface area (Å²) in [7, 11) is 0. The third-order valence-corrected chi connectivity index (χ3v) is 4.10. The molecule has 0 saturated carbocycles. The van der Waals surface area contributed by atoms with Crippen LogP contribution in [0.15, 0.2) is 0 Å². The molecular weight excluding hydrogens is 214 g/mol. The number of hydrogen-bond acceptors (Lipinski definition) is 3. The highest BCUT2D eigenvalue weighted by atomic mass is 32.2. The third-order valence-electron chi connectivity index (χ3n) is 2.60. The summed E-state index contributed by atoms with van der Waals surface area (Å²) in [5, 5.41) is 9.89. The maximum atomic E-state index is 9.89. The predicted molar refractivity (Wildman–Crippen MR) is 66.4 cm³/mol. The first-order chi connectivity index (χ1) is 6.38.